The van der Waals surface area contributed by atoms with Gasteiger partial charge in [-0.05, 0) is 44.9 Å². The summed E-state index contributed by atoms with van der Waals surface area (Å²) in [7, 11) is 0. The molecule has 7 nitrogen and oxygen atoms in total. The molecule has 0 spiro atoms. The first-order valence-corrected chi connectivity index (χ1v) is 9.97. The summed E-state index contributed by atoms with van der Waals surface area (Å²) in [6.07, 6.45) is -0.301. The summed E-state index contributed by atoms with van der Waals surface area (Å²) in [5.74, 6) is -0.395. The highest BCUT2D eigenvalue weighted by atomic mass is 19.4. The summed E-state index contributed by atoms with van der Waals surface area (Å²) >= 11 is 0. The number of fused-ring (bicyclic) bond motifs is 1. The van der Waals surface area contributed by atoms with Crippen LogP contribution in [-0.2, 0) is 11.0 Å². The number of halogens is 3. The number of aryl methyl sites for hydroxylation is 1. The van der Waals surface area contributed by atoms with E-state index < -0.39 is 17.5 Å². The second-order valence-electron chi connectivity index (χ2n) is 8.09. The van der Waals surface area contributed by atoms with Gasteiger partial charge in [0.1, 0.15) is 11.3 Å². The molecule has 3 heterocycles. The van der Waals surface area contributed by atoms with Gasteiger partial charge < -0.3 is 10.0 Å². The SMILES string of the molecule is Cc1cc(C(F)(F)F)cc(O)c1-c1cnc2cn([C@H]3CCC(=O)N(C(C)C)C3)nc2n1. The second kappa shape index (κ2) is 7.51. The Labute approximate surface area is 176 Å². The van der Waals surface area contributed by atoms with Crippen molar-refractivity contribution < 1.29 is 23.1 Å². The molecule has 0 radical (unpaired) electrons. The monoisotopic (exact) mass is 433 g/mol. The third-order valence-electron chi connectivity index (χ3n) is 5.56. The molecule has 2 aromatic heterocycles. The van der Waals surface area contributed by atoms with Crippen molar-refractivity contribution in [2.24, 2.45) is 0 Å². The molecule has 1 N–H and O–H groups in total. The van der Waals surface area contributed by atoms with Crippen molar-refractivity contribution in [1.82, 2.24) is 24.6 Å². The average Bonchev–Trinajstić information content (AvgIpc) is 3.10. The van der Waals surface area contributed by atoms with E-state index in [4.69, 9.17) is 0 Å². The lowest BCUT2D eigenvalue weighted by atomic mass is 10.0. The van der Waals surface area contributed by atoms with E-state index in [0.717, 1.165) is 6.07 Å². The van der Waals surface area contributed by atoms with Gasteiger partial charge in [-0.2, -0.15) is 18.3 Å². The first kappa shape index (κ1) is 21.1. The molecule has 1 amide bonds. The molecule has 1 atom stereocenters. The molecule has 1 fully saturated rings. The standard InChI is InChI=1S/C21H22F3N5O2/c1-11(2)28-9-14(4-5-18(28)31)29-10-16-20(27-29)26-15(8-25-16)19-12(3)6-13(7-17(19)30)21(22,23)24/h6-8,10-11,14,30H,4-5,9H2,1-3H3/t14-/m0/s1. The van der Waals surface area contributed by atoms with Gasteiger partial charge in [-0.15, -0.1) is 0 Å². The van der Waals surface area contributed by atoms with Crippen molar-refractivity contribution in [3.05, 3.63) is 35.7 Å². The fourth-order valence-electron chi connectivity index (χ4n) is 3.96. The van der Waals surface area contributed by atoms with Gasteiger partial charge in [0.15, 0.2) is 5.65 Å². The quantitative estimate of drug-likeness (QED) is 0.672. The van der Waals surface area contributed by atoms with Gasteiger partial charge in [-0.1, -0.05) is 0 Å². The van der Waals surface area contributed by atoms with Crippen LogP contribution in [0.5, 0.6) is 5.75 Å². The predicted octanol–water partition coefficient (Wildman–Crippen LogP) is 4.10. The van der Waals surface area contributed by atoms with E-state index in [2.05, 4.69) is 15.1 Å². The summed E-state index contributed by atoms with van der Waals surface area (Å²) in [4.78, 5) is 22.7. The first-order valence-electron chi connectivity index (χ1n) is 9.97. The molecule has 0 bridgehead atoms. The number of aromatic nitrogens is 4. The number of piperidine rings is 1. The van der Waals surface area contributed by atoms with E-state index in [1.165, 1.54) is 13.1 Å². The zero-order chi connectivity index (χ0) is 22.5. The Hall–Kier alpha value is -3.17. The van der Waals surface area contributed by atoms with Crippen LogP contribution in [0.15, 0.2) is 24.5 Å². The molecule has 0 aliphatic carbocycles. The zero-order valence-electron chi connectivity index (χ0n) is 17.3. The van der Waals surface area contributed by atoms with Crippen LogP contribution in [0, 0.1) is 6.92 Å². The maximum Gasteiger partial charge on any atom is 0.416 e. The summed E-state index contributed by atoms with van der Waals surface area (Å²) < 4.78 is 40.7. The summed E-state index contributed by atoms with van der Waals surface area (Å²) in [5, 5.41) is 14.7. The van der Waals surface area contributed by atoms with E-state index in [1.807, 2.05) is 18.7 Å². The lowest BCUT2D eigenvalue weighted by Gasteiger charge is -2.35. The maximum atomic E-state index is 13.0. The van der Waals surface area contributed by atoms with Crippen LogP contribution in [0.4, 0.5) is 13.2 Å². The Morgan fingerprint density at radius 3 is 2.65 bits per heavy atom. The van der Waals surface area contributed by atoms with Crippen molar-refractivity contribution >= 4 is 17.1 Å². The molecule has 31 heavy (non-hydrogen) atoms. The molecular weight excluding hydrogens is 411 g/mol. The maximum absolute atomic E-state index is 13.0. The van der Waals surface area contributed by atoms with Crippen LogP contribution in [0.25, 0.3) is 22.4 Å². The molecule has 1 saturated heterocycles. The number of carbonyl (C=O) groups is 1. The average molecular weight is 433 g/mol. The Balaban J connectivity index is 1.68. The van der Waals surface area contributed by atoms with Crippen molar-refractivity contribution in [3.8, 4) is 17.0 Å². The molecule has 10 heteroatoms. The number of amides is 1. The number of hydrogen-bond acceptors (Lipinski definition) is 5. The Kier molecular flexibility index (Phi) is 5.10. The lowest BCUT2D eigenvalue weighted by Crippen LogP contribution is -2.44. The molecule has 4 rings (SSSR count). The minimum Gasteiger partial charge on any atom is -0.507 e. The molecule has 0 saturated carbocycles. The Morgan fingerprint density at radius 2 is 2.00 bits per heavy atom. The first-order chi connectivity index (χ1) is 14.5. The number of benzene rings is 1. The molecule has 1 aliphatic rings. The van der Waals surface area contributed by atoms with E-state index in [9.17, 15) is 23.1 Å². The van der Waals surface area contributed by atoms with Gasteiger partial charge in [0.05, 0.1) is 29.7 Å². The van der Waals surface area contributed by atoms with Gasteiger partial charge >= 0.3 is 6.18 Å². The van der Waals surface area contributed by atoms with Gasteiger partial charge in [0, 0.05) is 24.6 Å². The van der Waals surface area contributed by atoms with Crippen molar-refractivity contribution in [2.45, 2.75) is 51.9 Å². The van der Waals surface area contributed by atoms with E-state index in [0.29, 0.717) is 36.6 Å². The summed E-state index contributed by atoms with van der Waals surface area (Å²) in [6, 6.07) is 1.74. The van der Waals surface area contributed by atoms with Gasteiger partial charge in [0.2, 0.25) is 5.91 Å². The molecule has 3 aromatic rings. The van der Waals surface area contributed by atoms with Crippen molar-refractivity contribution in [2.75, 3.05) is 6.54 Å². The largest absolute Gasteiger partial charge is 0.507 e. The normalized spacial score (nSPS) is 17.7. The lowest BCUT2D eigenvalue weighted by molar-refractivity contribution is -0.138. The molecule has 0 unspecified atom stereocenters. The molecule has 1 aliphatic heterocycles. The smallest absolute Gasteiger partial charge is 0.416 e. The second-order valence-corrected chi connectivity index (χ2v) is 8.09. The number of phenols is 1. The topological polar surface area (TPSA) is 84.1 Å². The number of nitrogens with zero attached hydrogens (tertiary/aromatic N) is 5. The number of rotatable bonds is 3. The zero-order valence-corrected chi connectivity index (χ0v) is 17.3. The fraction of sp³-hybridized carbons (Fsp3) is 0.429. The number of alkyl halides is 3. The summed E-state index contributed by atoms with van der Waals surface area (Å²) in [6.45, 7) is 5.95. The minimum absolute atomic E-state index is 0.0132. The highest BCUT2D eigenvalue weighted by Crippen LogP contribution is 2.38. The number of likely N-dealkylation sites (tertiary alicyclic amines) is 1. The van der Waals surface area contributed by atoms with Gasteiger partial charge in [-0.3, -0.25) is 9.48 Å². The van der Waals surface area contributed by atoms with Gasteiger partial charge in [-0.25, -0.2) is 9.97 Å². The van der Waals surface area contributed by atoms with Crippen LogP contribution >= 0.6 is 0 Å². The molecular formula is C21H22F3N5O2. The molecule has 1 aromatic carbocycles. The number of aromatic hydroxyl groups is 1. The van der Waals surface area contributed by atoms with Crippen LogP contribution in [-0.4, -0.2) is 48.2 Å². The third kappa shape index (κ3) is 3.94. The predicted molar refractivity (Wildman–Crippen MR) is 107 cm³/mol. The highest BCUT2D eigenvalue weighted by molar-refractivity contribution is 5.78. The number of phenolic OH excluding ortho intramolecular Hbond substituents is 1. The van der Waals surface area contributed by atoms with Crippen LogP contribution in [0.3, 0.4) is 0 Å². The van der Waals surface area contributed by atoms with E-state index in [-0.39, 0.29) is 34.8 Å². The Morgan fingerprint density at radius 1 is 1.26 bits per heavy atom. The minimum atomic E-state index is -4.56. The van der Waals surface area contributed by atoms with Crippen LogP contribution in [0.2, 0.25) is 0 Å². The van der Waals surface area contributed by atoms with Crippen LogP contribution in [0.1, 0.15) is 43.9 Å². The number of carbonyl (C=O) groups excluding carboxylic acids is 1. The molecule has 164 valence electrons. The van der Waals surface area contributed by atoms with E-state index in [1.54, 1.807) is 10.9 Å². The third-order valence-corrected chi connectivity index (χ3v) is 5.56. The highest BCUT2D eigenvalue weighted by Gasteiger charge is 2.32. The Bertz CT molecular complexity index is 1130. The van der Waals surface area contributed by atoms with Crippen molar-refractivity contribution in [1.29, 1.82) is 0 Å². The fourth-order valence-corrected chi connectivity index (χ4v) is 3.96. The van der Waals surface area contributed by atoms with Gasteiger partial charge in [0.25, 0.3) is 0 Å². The van der Waals surface area contributed by atoms with Crippen molar-refractivity contribution in [3.63, 3.8) is 0 Å². The van der Waals surface area contributed by atoms with E-state index >= 15 is 0 Å². The summed E-state index contributed by atoms with van der Waals surface area (Å²) in [5.41, 5.74) is 0.588. The van der Waals surface area contributed by atoms with Crippen LogP contribution < -0.4 is 0 Å². The number of hydrogen-bond donors (Lipinski definition) is 1.